The van der Waals surface area contributed by atoms with E-state index in [1.165, 1.54) is 6.07 Å². The number of hydrogen-bond donors (Lipinski definition) is 1. The van der Waals surface area contributed by atoms with Crippen molar-refractivity contribution < 1.29 is 4.39 Å². The zero-order chi connectivity index (χ0) is 13.8. The zero-order valence-electron chi connectivity index (χ0n) is 10.5. The van der Waals surface area contributed by atoms with Crippen LogP contribution in [0.15, 0.2) is 46.9 Å². The largest absolute Gasteiger partial charge is 0.306 e. The lowest BCUT2D eigenvalue weighted by atomic mass is 10.1. The number of hydrogen-bond acceptors (Lipinski definition) is 1. The second-order valence-electron chi connectivity index (χ2n) is 4.41. The summed E-state index contributed by atoms with van der Waals surface area (Å²) in [4.78, 5) is 0. The van der Waals surface area contributed by atoms with Gasteiger partial charge in [0.25, 0.3) is 0 Å². The van der Waals surface area contributed by atoms with Gasteiger partial charge in [-0.25, -0.2) is 4.39 Å². The van der Waals surface area contributed by atoms with Crippen molar-refractivity contribution in [1.82, 2.24) is 5.32 Å². The topological polar surface area (TPSA) is 12.0 Å². The van der Waals surface area contributed by atoms with Crippen LogP contribution in [0.5, 0.6) is 0 Å². The quantitative estimate of drug-likeness (QED) is 0.816. The summed E-state index contributed by atoms with van der Waals surface area (Å²) in [5, 5.41) is 4.05. The lowest BCUT2D eigenvalue weighted by Crippen LogP contribution is -2.18. The maximum atomic E-state index is 13.1. The van der Waals surface area contributed by atoms with Crippen molar-refractivity contribution in [3.63, 3.8) is 0 Å². The molecule has 1 nitrogen and oxygen atoms in total. The third-order valence-corrected chi connectivity index (χ3v) is 4.16. The monoisotopic (exact) mass is 341 g/mol. The molecule has 0 bridgehead atoms. The van der Waals surface area contributed by atoms with Gasteiger partial charge in [-0.2, -0.15) is 0 Å². The number of benzene rings is 2. The van der Waals surface area contributed by atoms with Crippen molar-refractivity contribution in [2.75, 3.05) is 0 Å². The van der Waals surface area contributed by atoms with Crippen molar-refractivity contribution >= 4 is 27.5 Å². The van der Waals surface area contributed by atoms with E-state index in [0.717, 1.165) is 15.6 Å². The van der Waals surface area contributed by atoms with Gasteiger partial charge in [-0.05, 0) is 58.2 Å². The van der Waals surface area contributed by atoms with Crippen molar-refractivity contribution in [3.8, 4) is 0 Å². The fourth-order valence-electron chi connectivity index (χ4n) is 1.81. The van der Waals surface area contributed by atoms with Crippen molar-refractivity contribution in [2.45, 2.75) is 19.5 Å². The minimum Gasteiger partial charge on any atom is -0.306 e. The van der Waals surface area contributed by atoms with Crippen LogP contribution in [0.3, 0.4) is 0 Å². The van der Waals surface area contributed by atoms with Gasteiger partial charge in [-0.15, -0.1) is 0 Å². The van der Waals surface area contributed by atoms with E-state index in [1.807, 2.05) is 31.2 Å². The van der Waals surface area contributed by atoms with Gasteiger partial charge >= 0.3 is 0 Å². The molecule has 1 atom stereocenters. The highest BCUT2D eigenvalue weighted by molar-refractivity contribution is 9.10. The molecule has 0 aromatic heterocycles. The number of halogens is 3. The highest BCUT2D eigenvalue weighted by atomic mass is 79.9. The van der Waals surface area contributed by atoms with E-state index in [9.17, 15) is 4.39 Å². The summed E-state index contributed by atoms with van der Waals surface area (Å²) < 4.78 is 14.0. The molecule has 0 aliphatic carbocycles. The molecule has 2 aromatic rings. The summed E-state index contributed by atoms with van der Waals surface area (Å²) in [5.74, 6) is -0.208. The van der Waals surface area contributed by atoms with Crippen LogP contribution in [-0.2, 0) is 6.54 Å². The Morgan fingerprint density at radius 2 is 2.05 bits per heavy atom. The zero-order valence-corrected chi connectivity index (χ0v) is 12.8. The van der Waals surface area contributed by atoms with Crippen LogP contribution in [0.2, 0.25) is 5.02 Å². The van der Waals surface area contributed by atoms with Crippen LogP contribution >= 0.6 is 27.5 Å². The second-order valence-corrected chi connectivity index (χ2v) is 5.67. The van der Waals surface area contributed by atoms with E-state index in [4.69, 9.17) is 11.6 Å². The van der Waals surface area contributed by atoms with Gasteiger partial charge in [0.2, 0.25) is 0 Å². The fourth-order valence-corrected chi connectivity index (χ4v) is 2.36. The van der Waals surface area contributed by atoms with E-state index in [0.29, 0.717) is 11.6 Å². The molecule has 100 valence electrons. The molecule has 1 N–H and O–H groups in total. The third-order valence-electron chi connectivity index (χ3n) is 2.95. The Kier molecular flexibility index (Phi) is 4.97. The Morgan fingerprint density at radius 3 is 2.74 bits per heavy atom. The third kappa shape index (κ3) is 4.03. The summed E-state index contributed by atoms with van der Waals surface area (Å²) in [6.45, 7) is 2.72. The number of rotatable bonds is 4. The molecular formula is C15H14BrClFN. The minimum absolute atomic E-state index is 0.0881. The highest BCUT2D eigenvalue weighted by Crippen LogP contribution is 2.23. The predicted octanol–water partition coefficient (Wildman–Crippen LogP) is 5.09. The Labute approximate surface area is 125 Å². The van der Waals surface area contributed by atoms with Crippen molar-refractivity contribution in [1.29, 1.82) is 0 Å². The Bertz CT molecular complexity index is 574. The van der Waals surface area contributed by atoms with Crippen LogP contribution < -0.4 is 5.32 Å². The summed E-state index contributed by atoms with van der Waals surface area (Å²) in [6.07, 6.45) is 0. The van der Waals surface area contributed by atoms with E-state index in [-0.39, 0.29) is 11.9 Å². The Hall–Kier alpha value is -0.900. The van der Waals surface area contributed by atoms with Crippen LogP contribution in [0.4, 0.5) is 4.39 Å². The molecule has 0 aliphatic rings. The van der Waals surface area contributed by atoms with Crippen molar-refractivity contribution in [3.05, 3.63) is 68.9 Å². The first kappa shape index (κ1) is 14.5. The van der Waals surface area contributed by atoms with Gasteiger partial charge in [0.1, 0.15) is 5.82 Å². The van der Waals surface area contributed by atoms with E-state index < -0.39 is 0 Å². The molecule has 0 spiro atoms. The van der Waals surface area contributed by atoms with Gasteiger partial charge in [0.15, 0.2) is 0 Å². The molecule has 0 aliphatic heterocycles. The molecular weight excluding hydrogens is 329 g/mol. The molecule has 0 heterocycles. The molecule has 0 saturated heterocycles. The summed E-state index contributed by atoms with van der Waals surface area (Å²) in [6, 6.07) is 12.5. The van der Waals surface area contributed by atoms with Gasteiger partial charge in [-0.3, -0.25) is 0 Å². The number of nitrogens with one attached hydrogen (secondary N) is 1. The van der Waals surface area contributed by atoms with Gasteiger partial charge in [-0.1, -0.05) is 29.8 Å². The molecule has 1 unspecified atom stereocenters. The minimum atomic E-state index is -0.208. The SMILES string of the molecule is CC(NCc1ccc(Cl)c(Br)c1)c1cccc(F)c1. The van der Waals surface area contributed by atoms with Crippen LogP contribution in [0.25, 0.3) is 0 Å². The fraction of sp³-hybridized carbons (Fsp3) is 0.200. The summed E-state index contributed by atoms with van der Waals surface area (Å²) in [7, 11) is 0. The molecule has 0 amide bonds. The molecule has 0 radical (unpaired) electrons. The van der Waals surface area contributed by atoms with Crippen LogP contribution in [-0.4, -0.2) is 0 Å². The maximum absolute atomic E-state index is 13.1. The maximum Gasteiger partial charge on any atom is 0.123 e. The Balaban J connectivity index is 2.00. The molecule has 2 aromatic carbocycles. The van der Waals surface area contributed by atoms with Crippen LogP contribution in [0, 0.1) is 5.82 Å². The van der Waals surface area contributed by atoms with E-state index in [1.54, 1.807) is 12.1 Å². The summed E-state index contributed by atoms with van der Waals surface area (Å²) in [5.41, 5.74) is 2.06. The molecule has 4 heteroatoms. The lowest BCUT2D eigenvalue weighted by Gasteiger charge is -2.14. The Morgan fingerprint density at radius 1 is 1.26 bits per heavy atom. The van der Waals surface area contributed by atoms with Gasteiger partial charge in [0, 0.05) is 17.1 Å². The highest BCUT2D eigenvalue weighted by Gasteiger charge is 2.06. The molecule has 0 saturated carbocycles. The van der Waals surface area contributed by atoms with E-state index >= 15 is 0 Å². The van der Waals surface area contributed by atoms with Crippen LogP contribution in [0.1, 0.15) is 24.1 Å². The first-order valence-corrected chi connectivity index (χ1v) is 7.16. The van der Waals surface area contributed by atoms with Gasteiger partial charge in [0.05, 0.1) is 5.02 Å². The predicted molar refractivity (Wildman–Crippen MR) is 80.8 cm³/mol. The average Bonchev–Trinajstić information content (AvgIpc) is 2.40. The standard InChI is InChI=1S/C15H14BrClFN/c1-10(12-3-2-4-13(18)8-12)19-9-11-5-6-15(17)14(16)7-11/h2-8,10,19H,9H2,1H3. The first-order chi connectivity index (χ1) is 9.06. The lowest BCUT2D eigenvalue weighted by molar-refractivity contribution is 0.565. The molecule has 0 fully saturated rings. The van der Waals surface area contributed by atoms with Gasteiger partial charge < -0.3 is 5.32 Å². The molecule has 19 heavy (non-hydrogen) atoms. The second kappa shape index (κ2) is 6.51. The van der Waals surface area contributed by atoms with Crippen molar-refractivity contribution in [2.24, 2.45) is 0 Å². The molecule has 2 rings (SSSR count). The smallest absolute Gasteiger partial charge is 0.123 e. The normalized spacial score (nSPS) is 12.4. The summed E-state index contributed by atoms with van der Waals surface area (Å²) >= 11 is 9.35. The van der Waals surface area contributed by atoms with E-state index in [2.05, 4.69) is 21.2 Å². The average molecular weight is 343 g/mol. The first-order valence-electron chi connectivity index (χ1n) is 5.99.